The summed E-state index contributed by atoms with van der Waals surface area (Å²) in [5.41, 5.74) is -0.715. The van der Waals surface area contributed by atoms with Crippen LogP contribution in [0.5, 0.6) is 0 Å². The monoisotopic (exact) mass is 300 g/mol. The molecule has 2 N–H and O–H groups in total. The molecule has 0 radical (unpaired) electrons. The van der Waals surface area contributed by atoms with Crippen LogP contribution in [0.15, 0.2) is 12.2 Å². The van der Waals surface area contributed by atoms with Gasteiger partial charge in [0.15, 0.2) is 0 Å². The van der Waals surface area contributed by atoms with Gasteiger partial charge in [-0.15, -0.1) is 0 Å². The van der Waals surface area contributed by atoms with E-state index in [4.69, 9.17) is 10.2 Å². The van der Waals surface area contributed by atoms with E-state index in [1.54, 1.807) is 26.8 Å². The second kappa shape index (κ2) is 11.1. The van der Waals surface area contributed by atoms with Crippen molar-refractivity contribution >= 4 is 17.7 Å². The number of Topliss-reactive ketones (excluding diaryl/α,β-unsaturated/α-hetero) is 1. The first-order valence-corrected chi connectivity index (χ1v) is 7.24. The zero-order valence-corrected chi connectivity index (χ0v) is 13.7. The standard InChI is InChI=1S/C10H18O2.C6H10O3/c1-4-5-6-7-8-10(2,3)9(11)12;1-3-5(4(2)7)6(8)9/h7-8H,4-6H2,1-3H3,(H,11,12);5H,3H2,1-2H3,(H,8,9)/b8-7+;. The highest BCUT2D eigenvalue weighted by Gasteiger charge is 2.22. The first-order valence-electron chi connectivity index (χ1n) is 7.24. The van der Waals surface area contributed by atoms with Gasteiger partial charge in [0.2, 0.25) is 0 Å². The van der Waals surface area contributed by atoms with Crippen molar-refractivity contribution in [1.29, 1.82) is 0 Å². The van der Waals surface area contributed by atoms with E-state index in [0.717, 1.165) is 19.3 Å². The molecule has 0 heterocycles. The molecule has 1 unspecified atom stereocenters. The zero-order valence-electron chi connectivity index (χ0n) is 13.7. The minimum Gasteiger partial charge on any atom is -0.481 e. The van der Waals surface area contributed by atoms with Gasteiger partial charge in [0.05, 0.1) is 5.41 Å². The second-order valence-electron chi connectivity index (χ2n) is 5.48. The molecule has 5 heteroatoms. The number of allylic oxidation sites excluding steroid dienone is 1. The molecule has 0 aromatic rings. The number of ketones is 1. The highest BCUT2D eigenvalue weighted by molar-refractivity contribution is 5.96. The summed E-state index contributed by atoms with van der Waals surface area (Å²) in [5, 5.41) is 17.1. The maximum atomic E-state index is 10.6. The lowest BCUT2D eigenvalue weighted by molar-refractivity contribution is -0.146. The number of carboxylic acid groups (broad SMARTS) is 2. The van der Waals surface area contributed by atoms with Crippen LogP contribution in [0.4, 0.5) is 0 Å². The number of carbonyl (C=O) groups is 3. The summed E-state index contributed by atoms with van der Waals surface area (Å²) in [6.07, 6.45) is 7.37. The van der Waals surface area contributed by atoms with E-state index in [2.05, 4.69) is 6.92 Å². The van der Waals surface area contributed by atoms with Crippen molar-refractivity contribution in [3.63, 3.8) is 0 Å². The van der Waals surface area contributed by atoms with Crippen molar-refractivity contribution in [3.05, 3.63) is 12.2 Å². The van der Waals surface area contributed by atoms with Gasteiger partial charge in [-0.25, -0.2) is 0 Å². The Morgan fingerprint density at radius 2 is 1.67 bits per heavy atom. The molecule has 0 amide bonds. The van der Waals surface area contributed by atoms with Crippen molar-refractivity contribution in [2.45, 2.75) is 60.3 Å². The minimum atomic E-state index is -1.02. The van der Waals surface area contributed by atoms with E-state index in [9.17, 15) is 14.4 Å². The van der Waals surface area contributed by atoms with E-state index in [-0.39, 0.29) is 5.78 Å². The molecule has 0 saturated carbocycles. The van der Waals surface area contributed by atoms with E-state index in [1.807, 2.05) is 6.08 Å². The van der Waals surface area contributed by atoms with Gasteiger partial charge in [-0.2, -0.15) is 0 Å². The summed E-state index contributed by atoms with van der Waals surface area (Å²) in [6, 6.07) is 0. The second-order valence-corrected chi connectivity index (χ2v) is 5.48. The van der Waals surface area contributed by atoms with E-state index in [0.29, 0.717) is 6.42 Å². The van der Waals surface area contributed by atoms with Crippen LogP contribution in [0.1, 0.15) is 60.3 Å². The van der Waals surface area contributed by atoms with E-state index < -0.39 is 23.3 Å². The quantitative estimate of drug-likeness (QED) is 0.406. The van der Waals surface area contributed by atoms with Crippen molar-refractivity contribution in [3.8, 4) is 0 Å². The van der Waals surface area contributed by atoms with Crippen molar-refractivity contribution in [1.82, 2.24) is 0 Å². The molecule has 5 nitrogen and oxygen atoms in total. The van der Waals surface area contributed by atoms with Crippen LogP contribution in [-0.4, -0.2) is 27.9 Å². The normalized spacial score (nSPS) is 12.4. The number of aliphatic carboxylic acids is 2. The predicted molar refractivity (Wildman–Crippen MR) is 82.2 cm³/mol. The van der Waals surface area contributed by atoms with Crippen LogP contribution < -0.4 is 0 Å². The Bertz CT molecular complexity index is 355. The first kappa shape index (κ1) is 21.6. The Hall–Kier alpha value is -1.65. The molecule has 0 aliphatic carbocycles. The Morgan fingerprint density at radius 3 is 1.90 bits per heavy atom. The summed E-state index contributed by atoms with van der Waals surface area (Å²) in [5.74, 6) is -2.87. The average Bonchev–Trinajstić information content (AvgIpc) is 2.35. The molecule has 0 aromatic carbocycles. The van der Waals surface area contributed by atoms with Crippen LogP contribution in [0.3, 0.4) is 0 Å². The Morgan fingerprint density at radius 1 is 1.14 bits per heavy atom. The van der Waals surface area contributed by atoms with Crippen LogP contribution in [-0.2, 0) is 14.4 Å². The Labute approximate surface area is 127 Å². The van der Waals surface area contributed by atoms with Gasteiger partial charge >= 0.3 is 11.9 Å². The first-order chi connectivity index (χ1) is 9.60. The zero-order chi connectivity index (χ0) is 17.1. The number of hydrogen-bond acceptors (Lipinski definition) is 3. The number of unbranched alkanes of at least 4 members (excludes halogenated alkanes) is 2. The maximum absolute atomic E-state index is 10.6. The van der Waals surface area contributed by atoms with Crippen LogP contribution in [0.2, 0.25) is 0 Å². The lowest BCUT2D eigenvalue weighted by atomic mass is 9.93. The highest BCUT2D eigenvalue weighted by atomic mass is 16.4. The fourth-order valence-electron chi connectivity index (χ4n) is 1.41. The summed E-state index contributed by atoms with van der Waals surface area (Å²) in [6.45, 7) is 8.51. The molecule has 1 atom stereocenters. The maximum Gasteiger partial charge on any atom is 0.314 e. The molecule has 0 saturated heterocycles. The van der Waals surface area contributed by atoms with Gasteiger partial charge in [0.1, 0.15) is 11.7 Å². The van der Waals surface area contributed by atoms with Gasteiger partial charge in [-0.3, -0.25) is 14.4 Å². The number of hydrogen-bond donors (Lipinski definition) is 2. The van der Waals surface area contributed by atoms with Crippen molar-refractivity contribution in [2.24, 2.45) is 11.3 Å². The molecule has 0 aliphatic heterocycles. The molecule has 122 valence electrons. The molecule has 0 fully saturated rings. The van der Waals surface area contributed by atoms with Gasteiger partial charge in [0.25, 0.3) is 0 Å². The van der Waals surface area contributed by atoms with Gasteiger partial charge < -0.3 is 10.2 Å². The summed E-state index contributed by atoms with van der Waals surface area (Å²) >= 11 is 0. The predicted octanol–water partition coefficient (Wildman–Crippen LogP) is 3.53. The Kier molecular flexibility index (Phi) is 11.4. The fraction of sp³-hybridized carbons (Fsp3) is 0.688. The number of rotatable bonds is 8. The summed E-state index contributed by atoms with van der Waals surface area (Å²) < 4.78 is 0. The molecule has 0 rings (SSSR count). The van der Waals surface area contributed by atoms with E-state index in [1.165, 1.54) is 6.92 Å². The molecular formula is C16H28O5. The molecule has 0 aromatic heterocycles. The lowest BCUT2D eigenvalue weighted by Crippen LogP contribution is -2.20. The summed E-state index contributed by atoms with van der Waals surface area (Å²) in [4.78, 5) is 31.2. The fourth-order valence-corrected chi connectivity index (χ4v) is 1.41. The average molecular weight is 300 g/mol. The van der Waals surface area contributed by atoms with Crippen LogP contribution >= 0.6 is 0 Å². The molecule has 0 spiro atoms. The van der Waals surface area contributed by atoms with Gasteiger partial charge in [-0.1, -0.05) is 38.8 Å². The topological polar surface area (TPSA) is 91.7 Å². The van der Waals surface area contributed by atoms with Crippen LogP contribution in [0, 0.1) is 11.3 Å². The molecule has 0 aliphatic rings. The third-order valence-corrected chi connectivity index (χ3v) is 3.01. The van der Waals surface area contributed by atoms with E-state index >= 15 is 0 Å². The Balaban J connectivity index is 0. The largest absolute Gasteiger partial charge is 0.481 e. The molecule has 0 bridgehead atoms. The van der Waals surface area contributed by atoms with Crippen LogP contribution in [0.25, 0.3) is 0 Å². The highest BCUT2D eigenvalue weighted by Crippen LogP contribution is 2.17. The third-order valence-electron chi connectivity index (χ3n) is 3.01. The smallest absolute Gasteiger partial charge is 0.314 e. The number of carbonyl (C=O) groups excluding carboxylic acids is 1. The van der Waals surface area contributed by atoms with Gasteiger partial charge in [0, 0.05) is 0 Å². The lowest BCUT2D eigenvalue weighted by Gasteiger charge is -2.12. The SMILES string of the molecule is CCC(C(C)=O)C(=O)O.CCCC/C=C/C(C)(C)C(=O)O. The van der Waals surface area contributed by atoms with Crippen molar-refractivity contribution < 1.29 is 24.6 Å². The van der Waals surface area contributed by atoms with Crippen molar-refractivity contribution in [2.75, 3.05) is 0 Å². The number of carboxylic acids is 2. The summed E-state index contributed by atoms with van der Waals surface area (Å²) in [7, 11) is 0. The molecule has 21 heavy (non-hydrogen) atoms. The third kappa shape index (κ3) is 10.8. The molecular weight excluding hydrogens is 272 g/mol. The van der Waals surface area contributed by atoms with Gasteiger partial charge in [-0.05, 0) is 33.6 Å². The minimum absolute atomic E-state index is 0.273.